The van der Waals surface area contributed by atoms with Crippen LogP contribution in [0.2, 0.25) is 0 Å². The number of benzene rings is 1. The normalized spacial score (nSPS) is 15.5. The number of piperazine rings is 1. The highest BCUT2D eigenvalue weighted by Crippen LogP contribution is 2.15. The molecule has 1 heterocycles. The number of carbonyl (C=O) groups is 2. The van der Waals surface area contributed by atoms with Gasteiger partial charge in [-0.2, -0.15) is 0 Å². The predicted octanol–water partition coefficient (Wildman–Crippen LogP) is 0.534. The average molecular weight is 390 g/mol. The Bertz CT molecular complexity index is 751. The third-order valence-corrected chi connectivity index (χ3v) is 5.02. The van der Waals surface area contributed by atoms with Gasteiger partial charge in [0.2, 0.25) is 5.91 Å². The molecule has 0 spiro atoms. The number of carbonyl (C=O) groups excluding carboxylic acids is 2. The van der Waals surface area contributed by atoms with Gasteiger partial charge < -0.3 is 15.5 Å². The molecule has 9 heteroatoms. The second-order valence-corrected chi connectivity index (χ2v) is 8.62. The maximum Gasteiger partial charge on any atom is 0.254 e. The van der Waals surface area contributed by atoms with E-state index in [-0.39, 0.29) is 29.1 Å². The van der Waals surface area contributed by atoms with Crippen molar-refractivity contribution in [1.29, 1.82) is 0 Å². The Labute approximate surface area is 154 Å². The highest BCUT2D eigenvalue weighted by Gasteiger charge is 2.31. The summed E-state index contributed by atoms with van der Waals surface area (Å²) < 4.78 is 23.2. The lowest BCUT2D eigenvalue weighted by atomic mass is 10.0. The van der Waals surface area contributed by atoms with E-state index < -0.39 is 15.4 Å². The van der Waals surface area contributed by atoms with Gasteiger partial charge >= 0.3 is 0 Å². The first-order valence-corrected chi connectivity index (χ1v) is 9.57. The zero-order valence-electron chi connectivity index (χ0n) is 14.6. The molecule has 1 aromatic rings. The number of rotatable bonds is 3. The fourth-order valence-corrected chi connectivity index (χ4v) is 3.23. The maximum absolute atomic E-state index is 12.6. The number of halogens is 1. The fourth-order valence-electron chi connectivity index (χ4n) is 2.56. The van der Waals surface area contributed by atoms with Crippen molar-refractivity contribution in [3.05, 3.63) is 29.8 Å². The van der Waals surface area contributed by atoms with Gasteiger partial charge in [0.15, 0.2) is 9.84 Å². The molecule has 0 aliphatic carbocycles. The third kappa shape index (κ3) is 5.17. The molecule has 1 aliphatic heterocycles. The summed E-state index contributed by atoms with van der Waals surface area (Å²) in [6.45, 7) is 4.93. The van der Waals surface area contributed by atoms with Gasteiger partial charge in [-0.25, -0.2) is 8.42 Å². The first-order valence-electron chi connectivity index (χ1n) is 7.68. The molecule has 25 heavy (non-hydrogen) atoms. The molecule has 1 fully saturated rings. The highest BCUT2D eigenvalue weighted by atomic mass is 35.5. The van der Waals surface area contributed by atoms with Crippen LogP contribution in [0.3, 0.4) is 0 Å². The van der Waals surface area contributed by atoms with Crippen LogP contribution in [-0.4, -0.2) is 68.0 Å². The number of amides is 2. The smallest absolute Gasteiger partial charge is 0.254 e. The summed E-state index contributed by atoms with van der Waals surface area (Å²) in [7, 11) is -3.36. The van der Waals surface area contributed by atoms with Gasteiger partial charge in [-0.1, -0.05) is 6.07 Å². The van der Waals surface area contributed by atoms with Crippen LogP contribution in [0.25, 0.3) is 0 Å². The minimum atomic E-state index is -3.36. The summed E-state index contributed by atoms with van der Waals surface area (Å²) in [5.41, 5.74) is 5.22. The van der Waals surface area contributed by atoms with Crippen LogP contribution < -0.4 is 5.73 Å². The SMILES string of the molecule is CC(C)(N)C(=O)N1CCN(C(=O)c2cccc(S(C)(=O)=O)c2)CC1.Cl. The fraction of sp³-hybridized carbons (Fsp3) is 0.500. The van der Waals surface area contributed by atoms with Crippen molar-refractivity contribution < 1.29 is 18.0 Å². The lowest BCUT2D eigenvalue weighted by molar-refractivity contribution is -0.137. The Morgan fingerprint density at radius 3 is 2.08 bits per heavy atom. The van der Waals surface area contributed by atoms with Crippen LogP contribution in [0, 0.1) is 0 Å². The molecule has 2 N–H and O–H groups in total. The van der Waals surface area contributed by atoms with Crippen LogP contribution in [-0.2, 0) is 14.6 Å². The first kappa shape index (κ1) is 21.4. The number of hydrogen-bond acceptors (Lipinski definition) is 5. The van der Waals surface area contributed by atoms with E-state index in [1.807, 2.05) is 0 Å². The third-order valence-electron chi connectivity index (χ3n) is 3.91. The monoisotopic (exact) mass is 389 g/mol. The first-order chi connectivity index (χ1) is 11.0. The number of nitrogens with zero attached hydrogens (tertiary/aromatic N) is 2. The van der Waals surface area contributed by atoms with E-state index in [0.29, 0.717) is 31.7 Å². The maximum atomic E-state index is 12.6. The van der Waals surface area contributed by atoms with Gasteiger partial charge in [0.05, 0.1) is 10.4 Å². The summed E-state index contributed by atoms with van der Waals surface area (Å²) in [4.78, 5) is 28.1. The van der Waals surface area contributed by atoms with Crippen molar-refractivity contribution in [2.75, 3.05) is 32.4 Å². The molecule has 7 nitrogen and oxygen atoms in total. The van der Waals surface area contributed by atoms with Crippen LogP contribution in [0.1, 0.15) is 24.2 Å². The van der Waals surface area contributed by atoms with Crippen molar-refractivity contribution in [3.63, 3.8) is 0 Å². The molecule has 2 amide bonds. The Kier molecular flexibility index (Phi) is 6.61. The van der Waals surface area contributed by atoms with E-state index in [4.69, 9.17) is 5.73 Å². The highest BCUT2D eigenvalue weighted by molar-refractivity contribution is 7.90. The molecule has 140 valence electrons. The standard InChI is InChI=1S/C16H23N3O4S.ClH/c1-16(2,17)15(21)19-9-7-18(8-10-19)14(20)12-5-4-6-13(11-12)24(3,22)23;/h4-6,11H,7-10,17H2,1-3H3;1H. The minimum absolute atomic E-state index is 0. The largest absolute Gasteiger partial charge is 0.338 e. The second-order valence-electron chi connectivity index (χ2n) is 6.61. The average Bonchev–Trinajstić information content (AvgIpc) is 2.52. The number of hydrogen-bond donors (Lipinski definition) is 1. The molecule has 1 aromatic carbocycles. The molecule has 0 saturated carbocycles. The molecule has 0 unspecified atom stereocenters. The quantitative estimate of drug-likeness (QED) is 0.812. The Balaban J connectivity index is 0.00000312. The van der Waals surface area contributed by atoms with Crippen molar-refractivity contribution >= 4 is 34.1 Å². The molecule has 0 aromatic heterocycles. The number of nitrogens with two attached hydrogens (primary N) is 1. The molecule has 1 aliphatic rings. The molecule has 0 radical (unpaired) electrons. The van der Waals surface area contributed by atoms with Crippen LogP contribution >= 0.6 is 12.4 Å². The number of sulfone groups is 1. The zero-order valence-corrected chi connectivity index (χ0v) is 16.2. The van der Waals surface area contributed by atoms with E-state index >= 15 is 0 Å². The lowest BCUT2D eigenvalue weighted by Gasteiger charge is -2.37. The minimum Gasteiger partial charge on any atom is -0.338 e. The van der Waals surface area contributed by atoms with E-state index in [1.165, 1.54) is 12.1 Å². The van der Waals surface area contributed by atoms with E-state index in [9.17, 15) is 18.0 Å². The molecular formula is C16H24ClN3O4S. The van der Waals surface area contributed by atoms with Crippen molar-refractivity contribution in [1.82, 2.24) is 9.80 Å². The van der Waals surface area contributed by atoms with Crippen molar-refractivity contribution in [2.45, 2.75) is 24.3 Å². The molecule has 0 bridgehead atoms. The van der Waals surface area contributed by atoms with E-state index in [2.05, 4.69) is 0 Å². The van der Waals surface area contributed by atoms with Gasteiger partial charge in [0.1, 0.15) is 0 Å². The van der Waals surface area contributed by atoms with Gasteiger partial charge in [-0.3, -0.25) is 9.59 Å². The van der Waals surface area contributed by atoms with Crippen LogP contribution in [0.5, 0.6) is 0 Å². The molecule has 1 saturated heterocycles. The molecule has 2 rings (SSSR count). The Hall–Kier alpha value is -1.64. The van der Waals surface area contributed by atoms with Crippen LogP contribution in [0.15, 0.2) is 29.2 Å². The van der Waals surface area contributed by atoms with Gasteiger partial charge in [-0.05, 0) is 32.0 Å². The second kappa shape index (κ2) is 7.72. The summed E-state index contributed by atoms with van der Waals surface area (Å²) in [6, 6.07) is 6.00. The van der Waals surface area contributed by atoms with Gasteiger partial charge in [0, 0.05) is 38.0 Å². The summed E-state index contributed by atoms with van der Waals surface area (Å²) in [6.07, 6.45) is 1.11. The van der Waals surface area contributed by atoms with Crippen molar-refractivity contribution in [2.24, 2.45) is 5.73 Å². The Morgan fingerprint density at radius 2 is 1.60 bits per heavy atom. The zero-order chi connectivity index (χ0) is 18.1. The topological polar surface area (TPSA) is 101 Å². The van der Waals surface area contributed by atoms with Gasteiger partial charge in [-0.15, -0.1) is 12.4 Å². The van der Waals surface area contributed by atoms with E-state index in [0.717, 1.165) is 6.26 Å². The van der Waals surface area contributed by atoms with Gasteiger partial charge in [0.25, 0.3) is 5.91 Å². The molecular weight excluding hydrogens is 366 g/mol. The summed E-state index contributed by atoms with van der Waals surface area (Å²) in [5.74, 6) is -0.381. The predicted molar refractivity (Wildman–Crippen MR) is 97.5 cm³/mol. The summed E-state index contributed by atoms with van der Waals surface area (Å²) in [5, 5.41) is 0. The lowest BCUT2D eigenvalue weighted by Crippen LogP contribution is -2.57. The van der Waals surface area contributed by atoms with E-state index in [1.54, 1.807) is 35.8 Å². The Morgan fingerprint density at radius 1 is 1.08 bits per heavy atom. The summed E-state index contributed by atoms with van der Waals surface area (Å²) >= 11 is 0. The van der Waals surface area contributed by atoms with Crippen LogP contribution in [0.4, 0.5) is 0 Å². The molecule has 0 atom stereocenters. The van der Waals surface area contributed by atoms with Crippen molar-refractivity contribution in [3.8, 4) is 0 Å².